The molecule has 0 bridgehead atoms. The van der Waals surface area contributed by atoms with E-state index in [1.165, 1.54) is 30.6 Å². The van der Waals surface area contributed by atoms with Crippen molar-refractivity contribution < 1.29 is 14.7 Å². The molecule has 1 atom stereocenters. The summed E-state index contributed by atoms with van der Waals surface area (Å²) in [6.45, 7) is 0. The monoisotopic (exact) mass is 309 g/mol. The molecule has 4 nitrogen and oxygen atoms in total. The van der Waals surface area contributed by atoms with Crippen LogP contribution in [0.15, 0.2) is 17.5 Å². The quantitative estimate of drug-likeness (QED) is 0.719. The van der Waals surface area contributed by atoms with Gasteiger partial charge in [0.15, 0.2) is 0 Å². The van der Waals surface area contributed by atoms with Gasteiger partial charge in [0, 0.05) is 17.7 Å². The highest BCUT2D eigenvalue weighted by Gasteiger charge is 2.28. The zero-order valence-electron chi connectivity index (χ0n) is 12.2. The van der Waals surface area contributed by atoms with Crippen molar-refractivity contribution in [2.45, 2.75) is 57.4 Å². The number of thiophene rings is 1. The van der Waals surface area contributed by atoms with Gasteiger partial charge in [-0.2, -0.15) is 0 Å². The van der Waals surface area contributed by atoms with E-state index in [0.29, 0.717) is 25.2 Å². The third kappa shape index (κ3) is 5.16. The summed E-state index contributed by atoms with van der Waals surface area (Å²) >= 11 is 1.70. The topological polar surface area (TPSA) is 66.4 Å². The predicted molar refractivity (Wildman–Crippen MR) is 83.3 cm³/mol. The van der Waals surface area contributed by atoms with E-state index in [0.717, 1.165) is 0 Å². The molecule has 1 heterocycles. The van der Waals surface area contributed by atoms with Crippen molar-refractivity contribution in [3.05, 3.63) is 22.4 Å². The first-order valence-corrected chi connectivity index (χ1v) is 8.59. The summed E-state index contributed by atoms with van der Waals surface area (Å²) in [6, 6.07) is 4.26. The molecule has 5 heteroatoms. The first-order valence-electron chi connectivity index (χ1n) is 7.71. The molecule has 1 saturated carbocycles. The van der Waals surface area contributed by atoms with Crippen LogP contribution >= 0.6 is 11.3 Å². The zero-order chi connectivity index (χ0) is 15.1. The lowest BCUT2D eigenvalue weighted by Gasteiger charge is -2.23. The minimum Gasteiger partial charge on any atom is -0.481 e. The second-order valence-corrected chi connectivity index (χ2v) is 6.69. The smallest absolute Gasteiger partial charge is 0.303 e. The Morgan fingerprint density at radius 1 is 1.29 bits per heavy atom. The molecule has 0 saturated heterocycles. The molecule has 1 amide bonds. The summed E-state index contributed by atoms with van der Waals surface area (Å²) in [5, 5.41) is 13.8. The Kier molecular flexibility index (Phi) is 6.23. The number of hydrogen-bond donors (Lipinski definition) is 2. The second kappa shape index (κ2) is 8.17. The molecule has 1 aliphatic carbocycles. The van der Waals surface area contributed by atoms with Gasteiger partial charge >= 0.3 is 5.97 Å². The number of carbonyl (C=O) groups is 2. The van der Waals surface area contributed by atoms with Gasteiger partial charge in [0.1, 0.15) is 0 Å². The molecule has 1 aliphatic rings. The number of carboxylic acids is 1. The van der Waals surface area contributed by atoms with Crippen LogP contribution in [0.25, 0.3) is 0 Å². The molecule has 2 N–H and O–H groups in total. The van der Waals surface area contributed by atoms with Gasteiger partial charge in [-0.25, -0.2) is 0 Å². The van der Waals surface area contributed by atoms with Crippen molar-refractivity contribution in [3.8, 4) is 0 Å². The van der Waals surface area contributed by atoms with Gasteiger partial charge in [-0.1, -0.05) is 18.9 Å². The first kappa shape index (κ1) is 16.0. The van der Waals surface area contributed by atoms with Crippen molar-refractivity contribution in [2.24, 2.45) is 5.92 Å². The highest BCUT2D eigenvalue weighted by molar-refractivity contribution is 7.10. The standard InChI is InChI=1S/C16H23NO3S/c18-14(9-3-4-10-15(19)20)17-16(12-6-1-2-7-12)13-8-5-11-21-13/h5,8,11-12,16H,1-4,6-7,9-10H2,(H,17,18)(H,19,20). The van der Waals surface area contributed by atoms with E-state index in [2.05, 4.69) is 16.8 Å². The zero-order valence-corrected chi connectivity index (χ0v) is 13.0. The van der Waals surface area contributed by atoms with Crippen molar-refractivity contribution in [1.82, 2.24) is 5.32 Å². The van der Waals surface area contributed by atoms with Crippen molar-refractivity contribution in [2.75, 3.05) is 0 Å². The Morgan fingerprint density at radius 3 is 2.62 bits per heavy atom. The lowest BCUT2D eigenvalue weighted by molar-refractivity contribution is -0.137. The number of carbonyl (C=O) groups excluding carboxylic acids is 1. The summed E-state index contributed by atoms with van der Waals surface area (Å²) in [5.41, 5.74) is 0. The van der Waals surface area contributed by atoms with Crippen molar-refractivity contribution >= 4 is 23.2 Å². The highest BCUT2D eigenvalue weighted by atomic mass is 32.1. The van der Waals surface area contributed by atoms with E-state index in [4.69, 9.17) is 5.11 Å². The summed E-state index contributed by atoms with van der Waals surface area (Å²) in [6.07, 6.45) is 6.63. The lowest BCUT2D eigenvalue weighted by atomic mass is 9.96. The summed E-state index contributed by atoms with van der Waals surface area (Å²) in [4.78, 5) is 23.8. The number of rotatable bonds is 8. The number of amides is 1. The van der Waals surface area contributed by atoms with E-state index in [1.807, 2.05) is 6.07 Å². The Balaban J connectivity index is 1.83. The van der Waals surface area contributed by atoms with Gasteiger partial charge in [-0.05, 0) is 43.0 Å². The highest BCUT2D eigenvalue weighted by Crippen LogP contribution is 2.37. The molecule has 1 aromatic heterocycles. The van der Waals surface area contributed by atoms with Crippen molar-refractivity contribution in [3.63, 3.8) is 0 Å². The fraction of sp³-hybridized carbons (Fsp3) is 0.625. The van der Waals surface area contributed by atoms with Crippen LogP contribution in [0.2, 0.25) is 0 Å². The third-order valence-electron chi connectivity index (χ3n) is 4.08. The number of aliphatic carboxylic acids is 1. The van der Waals surface area contributed by atoms with Gasteiger partial charge in [-0.3, -0.25) is 9.59 Å². The molecule has 21 heavy (non-hydrogen) atoms. The Morgan fingerprint density at radius 2 is 2.00 bits per heavy atom. The first-order chi connectivity index (χ1) is 10.2. The van der Waals surface area contributed by atoms with E-state index < -0.39 is 5.97 Å². The number of nitrogens with one attached hydrogen (secondary N) is 1. The largest absolute Gasteiger partial charge is 0.481 e. The number of unbranched alkanes of at least 4 members (excludes halogenated alkanes) is 1. The molecule has 0 aliphatic heterocycles. The van der Waals surface area contributed by atoms with Gasteiger partial charge in [0.2, 0.25) is 5.91 Å². The lowest BCUT2D eigenvalue weighted by Crippen LogP contribution is -2.32. The molecule has 1 aromatic rings. The molecular weight excluding hydrogens is 286 g/mol. The summed E-state index contributed by atoms with van der Waals surface area (Å²) in [5.74, 6) is -0.199. The van der Waals surface area contributed by atoms with Crippen LogP contribution in [0.4, 0.5) is 0 Å². The minimum atomic E-state index is -0.794. The van der Waals surface area contributed by atoms with Gasteiger partial charge < -0.3 is 10.4 Å². The molecule has 1 fully saturated rings. The van der Waals surface area contributed by atoms with Crippen molar-refractivity contribution in [1.29, 1.82) is 0 Å². The molecule has 2 rings (SSSR count). The minimum absolute atomic E-state index is 0.0469. The average Bonchev–Trinajstić information content (AvgIpc) is 3.13. The SMILES string of the molecule is O=C(O)CCCCC(=O)NC(c1cccs1)C1CCCC1. The Labute approximate surface area is 129 Å². The molecule has 0 aromatic carbocycles. The maximum Gasteiger partial charge on any atom is 0.303 e. The summed E-state index contributed by atoms with van der Waals surface area (Å²) < 4.78 is 0. The predicted octanol–water partition coefficient (Wildman–Crippen LogP) is 3.74. The van der Waals surface area contributed by atoms with E-state index in [1.54, 1.807) is 11.3 Å². The maximum atomic E-state index is 12.1. The average molecular weight is 309 g/mol. The van der Waals surface area contributed by atoms with Gasteiger partial charge in [-0.15, -0.1) is 11.3 Å². The molecular formula is C16H23NO3S. The fourth-order valence-electron chi connectivity index (χ4n) is 2.99. The van der Waals surface area contributed by atoms with E-state index in [9.17, 15) is 9.59 Å². The summed E-state index contributed by atoms with van der Waals surface area (Å²) in [7, 11) is 0. The Hall–Kier alpha value is -1.36. The van der Waals surface area contributed by atoms with Crippen LogP contribution in [0.3, 0.4) is 0 Å². The van der Waals surface area contributed by atoms with E-state index in [-0.39, 0.29) is 18.4 Å². The molecule has 0 radical (unpaired) electrons. The molecule has 1 unspecified atom stereocenters. The number of carboxylic acid groups (broad SMARTS) is 1. The van der Waals surface area contributed by atoms with Crippen LogP contribution in [0, 0.1) is 5.92 Å². The van der Waals surface area contributed by atoms with Gasteiger partial charge in [0.25, 0.3) is 0 Å². The fourth-order valence-corrected chi connectivity index (χ4v) is 3.86. The van der Waals surface area contributed by atoms with E-state index >= 15 is 0 Å². The van der Waals surface area contributed by atoms with Crippen LogP contribution < -0.4 is 5.32 Å². The van der Waals surface area contributed by atoms with Crippen LogP contribution in [-0.4, -0.2) is 17.0 Å². The van der Waals surface area contributed by atoms with Gasteiger partial charge in [0.05, 0.1) is 6.04 Å². The molecule has 116 valence electrons. The van der Waals surface area contributed by atoms with Crippen LogP contribution in [0.1, 0.15) is 62.3 Å². The number of hydrogen-bond acceptors (Lipinski definition) is 3. The molecule has 0 spiro atoms. The third-order valence-corrected chi connectivity index (χ3v) is 5.04. The Bertz CT molecular complexity index is 452. The van der Waals surface area contributed by atoms with Crippen LogP contribution in [-0.2, 0) is 9.59 Å². The van der Waals surface area contributed by atoms with Crippen LogP contribution in [0.5, 0.6) is 0 Å². The maximum absolute atomic E-state index is 12.1. The second-order valence-electron chi connectivity index (χ2n) is 5.71. The normalized spacial score (nSPS) is 16.8.